The molecule has 4 rings (SSSR count). The fourth-order valence-corrected chi connectivity index (χ4v) is 4.26. The average molecular weight is 385 g/mol. The molecule has 0 radical (unpaired) electrons. The molecule has 2 aromatic carbocycles. The summed E-state index contributed by atoms with van der Waals surface area (Å²) in [6.07, 6.45) is 2.29. The minimum absolute atomic E-state index is 0.364. The highest BCUT2D eigenvalue weighted by molar-refractivity contribution is 7.90. The first-order valence-electron chi connectivity index (χ1n) is 8.97. The third-order valence-electron chi connectivity index (χ3n) is 5.12. The molecule has 0 saturated carbocycles. The van der Waals surface area contributed by atoms with Crippen LogP contribution in [0.5, 0.6) is 5.75 Å². The number of aromatic amines is 1. The van der Waals surface area contributed by atoms with Crippen LogP contribution in [0.15, 0.2) is 47.4 Å². The summed E-state index contributed by atoms with van der Waals surface area (Å²) in [5.74, 6) is 2.22. The number of sulfone groups is 1. The molecule has 1 N–H and O–H groups in total. The first-order chi connectivity index (χ1) is 12.9. The van der Waals surface area contributed by atoms with Gasteiger partial charge in [0.1, 0.15) is 11.6 Å². The molecule has 1 aliphatic rings. The molecule has 0 bridgehead atoms. The lowest BCUT2D eigenvalue weighted by atomic mass is 10.1. The molecule has 142 valence electrons. The number of H-pyrrole nitrogens is 1. The number of imidazole rings is 1. The van der Waals surface area contributed by atoms with Crippen molar-refractivity contribution in [2.45, 2.75) is 23.8 Å². The van der Waals surface area contributed by atoms with E-state index in [2.05, 4.69) is 9.88 Å². The van der Waals surface area contributed by atoms with E-state index in [1.807, 2.05) is 30.3 Å². The molecule has 3 aromatic rings. The number of methoxy groups -OCH3 is 1. The van der Waals surface area contributed by atoms with E-state index in [4.69, 9.17) is 9.72 Å². The van der Waals surface area contributed by atoms with E-state index in [-0.39, 0.29) is 0 Å². The zero-order chi connectivity index (χ0) is 19.0. The molecular formula is C20H23N3O3S. The van der Waals surface area contributed by atoms with Crippen LogP contribution in [0.2, 0.25) is 0 Å². The Balaban J connectivity index is 1.44. The van der Waals surface area contributed by atoms with Gasteiger partial charge in [-0.05, 0) is 42.8 Å². The van der Waals surface area contributed by atoms with Crippen LogP contribution in [-0.2, 0) is 16.4 Å². The summed E-state index contributed by atoms with van der Waals surface area (Å²) in [6.45, 7) is 2.75. The second-order valence-corrected chi connectivity index (χ2v) is 9.16. The number of hydrogen-bond donors (Lipinski definition) is 1. The third-order valence-corrected chi connectivity index (χ3v) is 6.25. The van der Waals surface area contributed by atoms with Gasteiger partial charge in [-0.1, -0.05) is 12.1 Å². The van der Waals surface area contributed by atoms with Gasteiger partial charge in [0.2, 0.25) is 0 Å². The smallest absolute Gasteiger partial charge is 0.175 e. The Labute approximate surface area is 159 Å². The molecule has 27 heavy (non-hydrogen) atoms. The SMILES string of the molecule is COc1ccc2nc([C@H]3CCN(Cc4ccc(S(C)(=O)=O)cc4)C3)[nH]c2c1. The lowest BCUT2D eigenvalue weighted by Crippen LogP contribution is -2.20. The molecular weight excluding hydrogens is 362 g/mol. The summed E-state index contributed by atoms with van der Waals surface area (Å²) in [5, 5.41) is 0. The van der Waals surface area contributed by atoms with Crippen LogP contribution in [0.3, 0.4) is 0 Å². The van der Waals surface area contributed by atoms with Crippen LogP contribution in [0.4, 0.5) is 0 Å². The molecule has 1 aliphatic heterocycles. The van der Waals surface area contributed by atoms with Gasteiger partial charge >= 0.3 is 0 Å². The van der Waals surface area contributed by atoms with Crippen LogP contribution in [-0.4, -0.2) is 49.7 Å². The average Bonchev–Trinajstić information content (AvgIpc) is 3.27. The Morgan fingerprint density at radius 2 is 2.00 bits per heavy atom. The Kier molecular flexibility index (Phi) is 4.65. The molecule has 1 saturated heterocycles. The van der Waals surface area contributed by atoms with Crippen LogP contribution in [0.1, 0.15) is 23.7 Å². The second-order valence-electron chi connectivity index (χ2n) is 7.14. The standard InChI is InChI=1S/C20H23N3O3S/c1-26-16-5-8-18-19(11-16)22-20(21-18)15-9-10-23(13-15)12-14-3-6-17(7-4-14)27(2,24)25/h3-8,11,15H,9-10,12-13H2,1-2H3,(H,21,22)/t15-/m0/s1. The molecule has 2 heterocycles. The van der Waals surface area contributed by atoms with E-state index >= 15 is 0 Å². The number of likely N-dealkylation sites (tertiary alicyclic amines) is 1. The van der Waals surface area contributed by atoms with Crippen molar-refractivity contribution in [3.63, 3.8) is 0 Å². The normalized spacial score (nSPS) is 18.2. The molecule has 1 atom stereocenters. The summed E-state index contributed by atoms with van der Waals surface area (Å²) in [6, 6.07) is 13.0. The summed E-state index contributed by atoms with van der Waals surface area (Å²) >= 11 is 0. The number of nitrogens with zero attached hydrogens (tertiary/aromatic N) is 2. The van der Waals surface area contributed by atoms with E-state index in [0.29, 0.717) is 10.8 Å². The van der Waals surface area contributed by atoms with Gasteiger partial charge in [-0.3, -0.25) is 4.90 Å². The van der Waals surface area contributed by atoms with Crippen molar-refractivity contribution in [3.05, 3.63) is 53.9 Å². The zero-order valence-corrected chi connectivity index (χ0v) is 16.3. The molecule has 0 unspecified atom stereocenters. The van der Waals surface area contributed by atoms with E-state index in [0.717, 1.165) is 54.2 Å². The minimum atomic E-state index is -3.14. The van der Waals surface area contributed by atoms with Crippen LogP contribution >= 0.6 is 0 Å². The van der Waals surface area contributed by atoms with E-state index in [1.54, 1.807) is 19.2 Å². The summed E-state index contributed by atoms with van der Waals surface area (Å²) in [4.78, 5) is 10.9. The number of benzene rings is 2. The van der Waals surface area contributed by atoms with Crippen LogP contribution in [0, 0.1) is 0 Å². The highest BCUT2D eigenvalue weighted by Gasteiger charge is 2.26. The van der Waals surface area contributed by atoms with Gasteiger partial charge in [-0.15, -0.1) is 0 Å². The predicted molar refractivity (Wildman–Crippen MR) is 105 cm³/mol. The Morgan fingerprint density at radius 1 is 1.22 bits per heavy atom. The third kappa shape index (κ3) is 3.84. The van der Waals surface area contributed by atoms with Gasteiger partial charge < -0.3 is 9.72 Å². The largest absolute Gasteiger partial charge is 0.497 e. The van der Waals surface area contributed by atoms with Crippen molar-refractivity contribution in [2.75, 3.05) is 26.5 Å². The number of nitrogens with one attached hydrogen (secondary N) is 1. The molecule has 6 nitrogen and oxygen atoms in total. The van der Waals surface area contributed by atoms with Crippen molar-refractivity contribution in [2.24, 2.45) is 0 Å². The second kappa shape index (κ2) is 6.98. The van der Waals surface area contributed by atoms with E-state index in [9.17, 15) is 8.42 Å². The summed E-state index contributed by atoms with van der Waals surface area (Å²) in [5.41, 5.74) is 3.08. The summed E-state index contributed by atoms with van der Waals surface area (Å²) in [7, 11) is -1.48. The number of aromatic nitrogens is 2. The lowest BCUT2D eigenvalue weighted by molar-refractivity contribution is 0.326. The lowest BCUT2D eigenvalue weighted by Gasteiger charge is -2.15. The predicted octanol–water partition coefficient (Wildman–Crippen LogP) is 2.96. The molecule has 7 heteroatoms. The maximum absolute atomic E-state index is 11.6. The first-order valence-corrected chi connectivity index (χ1v) is 10.9. The maximum Gasteiger partial charge on any atom is 0.175 e. The van der Waals surface area contributed by atoms with Crippen molar-refractivity contribution in [1.82, 2.24) is 14.9 Å². The number of hydrogen-bond acceptors (Lipinski definition) is 5. The van der Waals surface area contributed by atoms with Gasteiger partial charge in [0.25, 0.3) is 0 Å². The molecule has 0 spiro atoms. The zero-order valence-electron chi connectivity index (χ0n) is 15.5. The fraction of sp³-hybridized carbons (Fsp3) is 0.350. The first kappa shape index (κ1) is 18.0. The van der Waals surface area contributed by atoms with E-state index in [1.165, 1.54) is 6.26 Å². The number of fused-ring (bicyclic) bond motifs is 1. The molecule has 0 amide bonds. The summed E-state index contributed by atoms with van der Waals surface area (Å²) < 4.78 is 28.4. The van der Waals surface area contributed by atoms with Gasteiger partial charge in [-0.2, -0.15) is 0 Å². The van der Waals surface area contributed by atoms with Crippen molar-refractivity contribution in [1.29, 1.82) is 0 Å². The van der Waals surface area contributed by atoms with Gasteiger partial charge in [0.15, 0.2) is 9.84 Å². The number of ether oxygens (including phenoxy) is 1. The highest BCUT2D eigenvalue weighted by atomic mass is 32.2. The van der Waals surface area contributed by atoms with Crippen LogP contribution < -0.4 is 4.74 Å². The van der Waals surface area contributed by atoms with Gasteiger partial charge in [0, 0.05) is 31.3 Å². The Bertz CT molecular complexity index is 1060. The maximum atomic E-state index is 11.6. The minimum Gasteiger partial charge on any atom is -0.497 e. The Hall–Kier alpha value is -2.38. The van der Waals surface area contributed by atoms with Crippen molar-refractivity contribution in [3.8, 4) is 5.75 Å². The topological polar surface area (TPSA) is 75.3 Å². The highest BCUT2D eigenvalue weighted by Crippen LogP contribution is 2.29. The van der Waals surface area contributed by atoms with Crippen LogP contribution in [0.25, 0.3) is 11.0 Å². The molecule has 0 aliphatic carbocycles. The van der Waals surface area contributed by atoms with Crippen molar-refractivity contribution < 1.29 is 13.2 Å². The fourth-order valence-electron chi connectivity index (χ4n) is 3.63. The van der Waals surface area contributed by atoms with Gasteiger partial charge in [-0.25, -0.2) is 13.4 Å². The number of rotatable bonds is 5. The monoisotopic (exact) mass is 385 g/mol. The van der Waals surface area contributed by atoms with Crippen molar-refractivity contribution >= 4 is 20.9 Å². The quantitative estimate of drug-likeness (QED) is 0.731. The Morgan fingerprint density at radius 3 is 2.70 bits per heavy atom. The molecule has 1 fully saturated rings. The molecule has 1 aromatic heterocycles. The van der Waals surface area contributed by atoms with E-state index < -0.39 is 9.84 Å². The van der Waals surface area contributed by atoms with Gasteiger partial charge in [0.05, 0.1) is 23.0 Å².